The topological polar surface area (TPSA) is 61.0 Å². The first kappa shape index (κ1) is 18.0. The standard InChI is InChI=1S/C21H23BrN4O/c1-14-5-6-18-19(11-14)25-21(24-18)26-9-7-16(8-10-26)20(27)23-13-15-3-2-4-17(22)12-15/h2-6,11-12,16H,7-10,13H2,1H3,(H,23,27)(H,24,25). The molecular weight excluding hydrogens is 404 g/mol. The predicted octanol–water partition coefficient (Wildman–Crippen LogP) is 4.17. The number of aromatic nitrogens is 2. The van der Waals surface area contributed by atoms with Crippen LogP contribution in [0.1, 0.15) is 24.0 Å². The molecule has 0 bridgehead atoms. The third kappa shape index (κ3) is 4.16. The molecule has 0 aliphatic carbocycles. The highest BCUT2D eigenvalue weighted by molar-refractivity contribution is 9.10. The van der Waals surface area contributed by atoms with Crippen molar-refractivity contribution in [2.75, 3.05) is 18.0 Å². The van der Waals surface area contributed by atoms with Gasteiger partial charge in [0.05, 0.1) is 11.0 Å². The molecule has 1 saturated heterocycles. The molecule has 2 N–H and O–H groups in total. The van der Waals surface area contributed by atoms with E-state index in [1.807, 2.05) is 30.3 Å². The van der Waals surface area contributed by atoms with E-state index < -0.39 is 0 Å². The van der Waals surface area contributed by atoms with Gasteiger partial charge in [-0.1, -0.05) is 34.1 Å². The van der Waals surface area contributed by atoms with Gasteiger partial charge in [0, 0.05) is 30.0 Å². The molecule has 1 fully saturated rings. The van der Waals surface area contributed by atoms with Crippen molar-refractivity contribution in [2.24, 2.45) is 5.92 Å². The van der Waals surface area contributed by atoms with Gasteiger partial charge in [-0.15, -0.1) is 0 Å². The van der Waals surface area contributed by atoms with Crippen LogP contribution in [-0.4, -0.2) is 29.0 Å². The largest absolute Gasteiger partial charge is 0.352 e. The molecule has 0 radical (unpaired) electrons. The average Bonchev–Trinajstić information content (AvgIpc) is 3.09. The van der Waals surface area contributed by atoms with Gasteiger partial charge in [0.25, 0.3) is 0 Å². The van der Waals surface area contributed by atoms with Crippen LogP contribution in [0.4, 0.5) is 5.95 Å². The lowest BCUT2D eigenvalue weighted by Crippen LogP contribution is -2.40. The number of anilines is 1. The van der Waals surface area contributed by atoms with E-state index in [0.717, 1.165) is 52.9 Å². The number of carbonyl (C=O) groups excluding carboxylic acids is 1. The van der Waals surface area contributed by atoms with Crippen molar-refractivity contribution in [2.45, 2.75) is 26.3 Å². The van der Waals surface area contributed by atoms with Crippen LogP contribution in [0.5, 0.6) is 0 Å². The van der Waals surface area contributed by atoms with Crippen molar-refractivity contribution in [3.05, 3.63) is 58.1 Å². The first-order valence-corrected chi connectivity index (χ1v) is 10.1. The molecule has 0 spiro atoms. The first-order chi connectivity index (χ1) is 13.1. The van der Waals surface area contributed by atoms with Gasteiger partial charge in [-0.05, 0) is 55.2 Å². The molecule has 0 unspecified atom stereocenters. The normalized spacial score (nSPS) is 15.3. The zero-order valence-corrected chi connectivity index (χ0v) is 16.9. The third-order valence-electron chi connectivity index (χ3n) is 5.15. The number of H-pyrrole nitrogens is 1. The monoisotopic (exact) mass is 426 g/mol. The molecule has 27 heavy (non-hydrogen) atoms. The van der Waals surface area contributed by atoms with Crippen LogP contribution >= 0.6 is 15.9 Å². The molecule has 1 aliphatic heterocycles. The van der Waals surface area contributed by atoms with Crippen LogP contribution < -0.4 is 10.2 Å². The Balaban J connectivity index is 1.33. The zero-order valence-electron chi connectivity index (χ0n) is 15.3. The number of carbonyl (C=O) groups is 1. The number of fused-ring (bicyclic) bond motifs is 1. The Kier molecular flexibility index (Phi) is 5.16. The minimum atomic E-state index is 0.0695. The van der Waals surface area contributed by atoms with Gasteiger partial charge in [0.1, 0.15) is 0 Å². The number of benzene rings is 2. The summed E-state index contributed by atoms with van der Waals surface area (Å²) in [6.07, 6.45) is 1.70. The minimum Gasteiger partial charge on any atom is -0.352 e. The van der Waals surface area contributed by atoms with E-state index in [4.69, 9.17) is 4.98 Å². The first-order valence-electron chi connectivity index (χ1n) is 9.32. The zero-order chi connectivity index (χ0) is 18.8. The molecule has 4 rings (SSSR count). The number of hydrogen-bond donors (Lipinski definition) is 2. The van der Waals surface area contributed by atoms with Crippen molar-refractivity contribution in [3.8, 4) is 0 Å². The Morgan fingerprint density at radius 1 is 1.26 bits per heavy atom. The minimum absolute atomic E-state index is 0.0695. The number of nitrogens with zero attached hydrogens (tertiary/aromatic N) is 2. The SMILES string of the molecule is Cc1ccc2nc(N3CCC(C(=O)NCc4cccc(Br)c4)CC3)[nH]c2c1. The van der Waals surface area contributed by atoms with Crippen molar-refractivity contribution in [3.63, 3.8) is 0 Å². The molecule has 3 aromatic rings. The summed E-state index contributed by atoms with van der Waals surface area (Å²) in [7, 11) is 0. The van der Waals surface area contributed by atoms with Crippen molar-refractivity contribution in [1.82, 2.24) is 15.3 Å². The van der Waals surface area contributed by atoms with Crippen LogP contribution in [0.3, 0.4) is 0 Å². The third-order valence-corrected chi connectivity index (χ3v) is 5.64. The number of aromatic amines is 1. The summed E-state index contributed by atoms with van der Waals surface area (Å²) in [6, 6.07) is 14.3. The van der Waals surface area contributed by atoms with Gasteiger partial charge in [-0.2, -0.15) is 0 Å². The number of hydrogen-bond acceptors (Lipinski definition) is 3. The number of aryl methyl sites for hydroxylation is 1. The van der Waals surface area contributed by atoms with E-state index >= 15 is 0 Å². The van der Waals surface area contributed by atoms with Crippen LogP contribution in [0.2, 0.25) is 0 Å². The Morgan fingerprint density at radius 2 is 2.07 bits per heavy atom. The predicted molar refractivity (Wildman–Crippen MR) is 112 cm³/mol. The second kappa shape index (κ2) is 7.72. The van der Waals surface area contributed by atoms with Gasteiger partial charge in [0.15, 0.2) is 0 Å². The molecule has 1 aromatic heterocycles. The van der Waals surface area contributed by atoms with E-state index in [1.165, 1.54) is 5.56 Å². The summed E-state index contributed by atoms with van der Waals surface area (Å²) in [5.41, 5.74) is 4.38. The molecule has 0 saturated carbocycles. The fourth-order valence-electron chi connectivity index (χ4n) is 3.59. The lowest BCUT2D eigenvalue weighted by Gasteiger charge is -2.31. The maximum Gasteiger partial charge on any atom is 0.223 e. The number of imidazole rings is 1. The Morgan fingerprint density at radius 3 is 2.85 bits per heavy atom. The Labute approximate surface area is 167 Å². The molecule has 5 nitrogen and oxygen atoms in total. The van der Waals surface area contributed by atoms with Crippen LogP contribution in [-0.2, 0) is 11.3 Å². The number of amides is 1. The summed E-state index contributed by atoms with van der Waals surface area (Å²) in [6.45, 7) is 4.33. The summed E-state index contributed by atoms with van der Waals surface area (Å²) in [4.78, 5) is 22.9. The van der Waals surface area contributed by atoms with E-state index in [1.54, 1.807) is 0 Å². The maximum atomic E-state index is 12.5. The fourth-order valence-corrected chi connectivity index (χ4v) is 4.04. The highest BCUT2D eigenvalue weighted by Gasteiger charge is 2.26. The number of nitrogens with one attached hydrogen (secondary N) is 2. The molecule has 2 aromatic carbocycles. The number of halogens is 1. The smallest absolute Gasteiger partial charge is 0.223 e. The summed E-state index contributed by atoms with van der Waals surface area (Å²) < 4.78 is 1.03. The van der Waals surface area contributed by atoms with Crippen LogP contribution in [0.25, 0.3) is 11.0 Å². The van der Waals surface area contributed by atoms with Gasteiger partial charge in [0.2, 0.25) is 11.9 Å². The van der Waals surface area contributed by atoms with E-state index in [-0.39, 0.29) is 11.8 Å². The van der Waals surface area contributed by atoms with Gasteiger partial charge in [-0.3, -0.25) is 4.79 Å². The van der Waals surface area contributed by atoms with Crippen molar-refractivity contribution < 1.29 is 4.79 Å². The molecule has 2 heterocycles. The molecule has 140 valence electrons. The summed E-state index contributed by atoms with van der Waals surface area (Å²) >= 11 is 3.46. The molecular formula is C21H23BrN4O. The quantitative estimate of drug-likeness (QED) is 0.657. The summed E-state index contributed by atoms with van der Waals surface area (Å²) in [5.74, 6) is 1.12. The highest BCUT2D eigenvalue weighted by atomic mass is 79.9. The second-order valence-corrected chi connectivity index (χ2v) is 8.11. The van der Waals surface area contributed by atoms with E-state index in [0.29, 0.717) is 6.54 Å². The van der Waals surface area contributed by atoms with Crippen LogP contribution in [0, 0.1) is 12.8 Å². The Hall–Kier alpha value is -2.34. The Bertz CT molecular complexity index is 960. The van der Waals surface area contributed by atoms with E-state index in [9.17, 15) is 4.79 Å². The fraction of sp³-hybridized carbons (Fsp3) is 0.333. The van der Waals surface area contributed by atoms with Gasteiger partial charge in [-0.25, -0.2) is 4.98 Å². The summed E-state index contributed by atoms with van der Waals surface area (Å²) in [5, 5.41) is 3.08. The highest BCUT2D eigenvalue weighted by Crippen LogP contribution is 2.24. The molecule has 1 amide bonds. The van der Waals surface area contributed by atoms with Gasteiger partial charge >= 0.3 is 0 Å². The lowest BCUT2D eigenvalue weighted by atomic mass is 9.96. The average molecular weight is 427 g/mol. The van der Waals surface area contributed by atoms with Crippen LogP contribution in [0.15, 0.2) is 46.9 Å². The lowest BCUT2D eigenvalue weighted by molar-refractivity contribution is -0.125. The maximum absolute atomic E-state index is 12.5. The molecule has 6 heteroatoms. The van der Waals surface area contributed by atoms with Gasteiger partial charge < -0.3 is 15.2 Å². The van der Waals surface area contributed by atoms with Crippen molar-refractivity contribution in [1.29, 1.82) is 0 Å². The second-order valence-electron chi connectivity index (χ2n) is 7.19. The number of rotatable bonds is 4. The van der Waals surface area contributed by atoms with Crippen molar-refractivity contribution >= 4 is 38.8 Å². The number of piperidine rings is 1. The van der Waals surface area contributed by atoms with E-state index in [2.05, 4.69) is 50.2 Å². The molecule has 0 atom stereocenters. The molecule has 1 aliphatic rings.